The van der Waals surface area contributed by atoms with Crippen LogP contribution in [0.3, 0.4) is 0 Å². The van der Waals surface area contributed by atoms with Gasteiger partial charge in [-0.05, 0) is 29.2 Å². The minimum absolute atomic E-state index is 0.0582. The van der Waals surface area contributed by atoms with Crippen LogP contribution in [-0.2, 0) is 16.6 Å². The van der Waals surface area contributed by atoms with Crippen LogP contribution in [0.1, 0.15) is 28.7 Å². The Kier molecular flexibility index (Phi) is 6.66. The van der Waals surface area contributed by atoms with Crippen LogP contribution in [0.15, 0.2) is 115 Å². The molecule has 4 aromatic rings. The molecule has 0 atom stereocenters. The molecular weight excluding hydrogens is 396 g/mol. The molecule has 0 aliphatic carbocycles. The highest BCUT2D eigenvalue weighted by molar-refractivity contribution is 5.71. The zero-order valence-electron chi connectivity index (χ0n) is 17.9. The van der Waals surface area contributed by atoms with Crippen LogP contribution in [0.2, 0.25) is 0 Å². The summed E-state index contributed by atoms with van der Waals surface area (Å²) in [7, 11) is 0. The molecule has 1 N–H and O–H groups in total. The highest BCUT2D eigenvalue weighted by Gasteiger charge is 2.36. The van der Waals surface area contributed by atoms with E-state index in [4.69, 9.17) is 4.74 Å². The Morgan fingerprint density at radius 3 is 1.56 bits per heavy atom. The Labute approximate surface area is 188 Å². The van der Waals surface area contributed by atoms with E-state index in [1.165, 1.54) is 16.7 Å². The van der Waals surface area contributed by atoms with E-state index >= 15 is 0 Å². The molecule has 0 aliphatic rings. The van der Waals surface area contributed by atoms with Crippen molar-refractivity contribution in [3.63, 3.8) is 0 Å². The number of rotatable bonds is 9. The molecule has 0 aromatic heterocycles. The normalized spacial score (nSPS) is 11.1. The number of hydrogen-bond donors (Lipinski definition) is 1. The zero-order chi connectivity index (χ0) is 22.2. The second-order valence-corrected chi connectivity index (χ2v) is 7.78. The number of hydrogen-bond acceptors (Lipinski definition) is 2. The minimum atomic E-state index is -0.867. The van der Waals surface area contributed by atoms with Crippen molar-refractivity contribution in [3.05, 3.63) is 138 Å². The van der Waals surface area contributed by atoms with E-state index in [2.05, 4.69) is 72.8 Å². The Hall–Kier alpha value is -3.85. The summed E-state index contributed by atoms with van der Waals surface area (Å²) in [6.07, 6.45) is 0.643. The molecule has 160 valence electrons. The summed E-state index contributed by atoms with van der Waals surface area (Å²) in [5, 5.41) is 9.24. The van der Waals surface area contributed by atoms with Crippen LogP contribution >= 0.6 is 0 Å². The highest BCUT2D eigenvalue weighted by atomic mass is 16.5. The number of benzene rings is 4. The number of para-hydroxylation sites is 1. The zero-order valence-corrected chi connectivity index (χ0v) is 17.9. The standard InChI is InChI=1S/C29H26O3/c30-28(31)22-23-12-10-11-19-27(23)32-21-20-29(24-13-4-1-5-14-24,25-15-6-2-7-16-25)26-17-8-3-9-18-26/h1-19H,20-22H2,(H,30,31). The molecule has 32 heavy (non-hydrogen) atoms. The van der Waals surface area contributed by atoms with Crippen LogP contribution < -0.4 is 4.74 Å². The molecule has 0 saturated heterocycles. The summed E-state index contributed by atoms with van der Waals surface area (Å²) in [5.41, 5.74) is 3.87. The van der Waals surface area contributed by atoms with Gasteiger partial charge in [0.05, 0.1) is 13.0 Å². The molecule has 0 spiro atoms. The predicted octanol–water partition coefficient (Wildman–Crippen LogP) is 6.12. The molecule has 4 aromatic carbocycles. The van der Waals surface area contributed by atoms with Crippen molar-refractivity contribution in [2.75, 3.05) is 6.61 Å². The van der Waals surface area contributed by atoms with E-state index in [-0.39, 0.29) is 6.42 Å². The molecule has 0 saturated carbocycles. The number of ether oxygens (including phenoxy) is 1. The lowest BCUT2D eigenvalue weighted by molar-refractivity contribution is -0.136. The van der Waals surface area contributed by atoms with Crippen molar-refractivity contribution in [2.45, 2.75) is 18.3 Å². The fourth-order valence-corrected chi connectivity index (χ4v) is 4.37. The van der Waals surface area contributed by atoms with Crippen LogP contribution in [-0.4, -0.2) is 17.7 Å². The van der Waals surface area contributed by atoms with Gasteiger partial charge >= 0.3 is 5.97 Å². The molecule has 0 amide bonds. The molecule has 3 heteroatoms. The third-order valence-corrected chi connectivity index (χ3v) is 5.85. The maximum atomic E-state index is 11.3. The van der Waals surface area contributed by atoms with E-state index in [0.29, 0.717) is 24.3 Å². The fourth-order valence-electron chi connectivity index (χ4n) is 4.37. The SMILES string of the molecule is O=C(O)Cc1ccccc1OCCC(c1ccccc1)(c1ccccc1)c1ccccc1. The summed E-state index contributed by atoms with van der Waals surface area (Å²) < 4.78 is 6.19. The fraction of sp³-hybridized carbons (Fsp3) is 0.138. The highest BCUT2D eigenvalue weighted by Crippen LogP contribution is 2.42. The van der Waals surface area contributed by atoms with Gasteiger partial charge in [-0.2, -0.15) is 0 Å². The maximum Gasteiger partial charge on any atom is 0.307 e. The number of carbonyl (C=O) groups is 1. The van der Waals surface area contributed by atoms with Crippen LogP contribution in [0.4, 0.5) is 0 Å². The first-order valence-electron chi connectivity index (χ1n) is 10.8. The first-order valence-corrected chi connectivity index (χ1v) is 10.8. The molecule has 0 fully saturated rings. The van der Waals surface area contributed by atoms with Crippen LogP contribution in [0, 0.1) is 0 Å². The summed E-state index contributed by atoms with van der Waals surface area (Å²) >= 11 is 0. The summed E-state index contributed by atoms with van der Waals surface area (Å²) in [6, 6.07) is 38.9. The maximum absolute atomic E-state index is 11.3. The van der Waals surface area contributed by atoms with Crippen molar-refractivity contribution >= 4 is 5.97 Å². The Balaban J connectivity index is 1.73. The monoisotopic (exact) mass is 422 g/mol. The van der Waals surface area contributed by atoms with Crippen molar-refractivity contribution in [1.29, 1.82) is 0 Å². The quantitative estimate of drug-likeness (QED) is 0.331. The van der Waals surface area contributed by atoms with Gasteiger partial charge in [0.25, 0.3) is 0 Å². The van der Waals surface area contributed by atoms with Gasteiger partial charge in [-0.1, -0.05) is 109 Å². The first kappa shape index (κ1) is 21.4. The molecular formula is C29H26O3. The van der Waals surface area contributed by atoms with Crippen molar-refractivity contribution in [3.8, 4) is 5.75 Å². The molecule has 0 heterocycles. The van der Waals surface area contributed by atoms with Gasteiger partial charge in [0.1, 0.15) is 5.75 Å². The van der Waals surface area contributed by atoms with E-state index in [1.807, 2.05) is 42.5 Å². The van der Waals surface area contributed by atoms with Gasteiger partial charge in [0.2, 0.25) is 0 Å². The van der Waals surface area contributed by atoms with E-state index in [1.54, 1.807) is 0 Å². The topological polar surface area (TPSA) is 46.5 Å². The Morgan fingerprint density at radius 1 is 0.656 bits per heavy atom. The summed E-state index contributed by atoms with van der Waals surface area (Å²) in [6.45, 7) is 0.440. The molecule has 0 radical (unpaired) electrons. The van der Waals surface area contributed by atoms with Crippen LogP contribution in [0.5, 0.6) is 5.75 Å². The molecule has 3 nitrogen and oxygen atoms in total. The molecule has 0 bridgehead atoms. The van der Waals surface area contributed by atoms with Crippen molar-refractivity contribution < 1.29 is 14.6 Å². The largest absolute Gasteiger partial charge is 0.493 e. The van der Waals surface area contributed by atoms with Gasteiger partial charge < -0.3 is 9.84 Å². The smallest absolute Gasteiger partial charge is 0.307 e. The van der Waals surface area contributed by atoms with Crippen LogP contribution in [0.25, 0.3) is 0 Å². The van der Waals surface area contributed by atoms with Gasteiger partial charge in [0.15, 0.2) is 0 Å². The predicted molar refractivity (Wildman–Crippen MR) is 127 cm³/mol. The third kappa shape index (κ3) is 4.57. The van der Waals surface area contributed by atoms with Gasteiger partial charge in [-0.25, -0.2) is 0 Å². The second kappa shape index (κ2) is 9.97. The Morgan fingerprint density at radius 2 is 1.09 bits per heavy atom. The first-order chi connectivity index (χ1) is 15.7. The average molecular weight is 423 g/mol. The number of carboxylic acid groups (broad SMARTS) is 1. The van der Waals surface area contributed by atoms with Gasteiger partial charge in [-0.15, -0.1) is 0 Å². The average Bonchev–Trinajstić information content (AvgIpc) is 2.84. The van der Waals surface area contributed by atoms with E-state index < -0.39 is 11.4 Å². The number of carboxylic acids is 1. The van der Waals surface area contributed by atoms with E-state index in [9.17, 15) is 9.90 Å². The van der Waals surface area contributed by atoms with Gasteiger partial charge in [0, 0.05) is 11.0 Å². The number of aliphatic carboxylic acids is 1. The minimum Gasteiger partial charge on any atom is -0.493 e. The van der Waals surface area contributed by atoms with Gasteiger partial charge in [-0.3, -0.25) is 4.79 Å². The molecule has 0 aliphatic heterocycles. The lowest BCUT2D eigenvalue weighted by Gasteiger charge is -2.36. The van der Waals surface area contributed by atoms with E-state index in [0.717, 1.165) is 0 Å². The second-order valence-electron chi connectivity index (χ2n) is 7.78. The lowest BCUT2D eigenvalue weighted by Crippen LogP contribution is -2.31. The lowest BCUT2D eigenvalue weighted by atomic mass is 9.67. The summed E-state index contributed by atoms with van der Waals surface area (Å²) in [5.74, 6) is -0.244. The molecule has 0 unspecified atom stereocenters. The van der Waals surface area contributed by atoms with Crippen molar-refractivity contribution in [2.24, 2.45) is 0 Å². The third-order valence-electron chi connectivity index (χ3n) is 5.85. The summed E-state index contributed by atoms with van der Waals surface area (Å²) in [4.78, 5) is 11.3. The van der Waals surface area contributed by atoms with Crippen molar-refractivity contribution in [1.82, 2.24) is 0 Å². The molecule has 4 rings (SSSR count). The Bertz CT molecular complexity index is 1040.